The van der Waals surface area contributed by atoms with Gasteiger partial charge in [-0.3, -0.25) is 9.69 Å². The van der Waals surface area contributed by atoms with Crippen molar-refractivity contribution >= 4 is 58.4 Å². The third-order valence-corrected chi connectivity index (χ3v) is 7.65. The van der Waals surface area contributed by atoms with Gasteiger partial charge in [0.2, 0.25) is 5.91 Å². The molecule has 0 bridgehead atoms. The van der Waals surface area contributed by atoms with Crippen molar-refractivity contribution in [2.75, 3.05) is 24.3 Å². The summed E-state index contributed by atoms with van der Waals surface area (Å²) >= 11 is 4.95. The highest BCUT2D eigenvalue weighted by Crippen LogP contribution is 2.32. The van der Waals surface area contributed by atoms with E-state index in [0.717, 1.165) is 33.1 Å². The largest absolute Gasteiger partial charge is 0.376 e. The lowest BCUT2D eigenvalue weighted by molar-refractivity contribution is -0.118. The zero-order chi connectivity index (χ0) is 21.3. The molecule has 2 aromatic carbocycles. The number of thiazole rings is 1. The Morgan fingerprint density at radius 3 is 2.70 bits per heavy atom. The molecule has 0 spiro atoms. The van der Waals surface area contributed by atoms with Gasteiger partial charge in [0.25, 0.3) is 0 Å². The van der Waals surface area contributed by atoms with Crippen LogP contribution in [-0.2, 0) is 25.8 Å². The molecule has 1 aromatic heterocycles. The molecule has 0 aliphatic carbocycles. The van der Waals surface area contributed by atoms with Gasteiger partial charge in [-0.25, -0.2) is 13.4 Å². The number of aromatic nitrogens is 1. The van der Waals surface area contributed by atoms with E-state index in [1.807, 2.05) is 18.2 Å². The first-order chi connectivity index (χ1) is 14.3. The fraction of sp³-hybridized carbons (Fsp3) is 0.333. The van der Waals surface area contributed by atoms with Crippen molar-refractivity contribution in [2.45, 2.75) is 30.3 Å². The molecule has 4 rings (SSSR count). The van der Waals surface area contributed by atoms with E-state index in [4.69, 9.17) is 4.74 Å². The van der Waals surface area contributed by atoms with Crippen molar-refractivity contribution in [1.82, 2.24) is 4.98 Å². The third kappa shape index (κ3) is 4.91. The van der Waals surface area contributed by atoms with Crippen molar-refractivity contribution in [3.63, 3.8) is 0 Å². The summed E-state index contributed by atoms with van der Waals surface area (Å²) in [6, 6.07) is 12.3. The monoisotopic (exact) mass is 508 g/mol. The molecule has 158 valence electrons. The van der Waals surface area contributed by atoms with Crippen LogP contribution >= 0.6 is 27.3 Å². The van der Waals surface area contributed by atoms with E-state index < -0.39 is 9.84 Å². The number of carbonyl (C=O) groups is 1. The first-order valence-corrected chi connectivity index (χ1v) is 13.1. The van der Waals surface area contributed by atoms with Crippen LogP contribution in [0.4, 0.5) is 5.13 Å². The number of carbonyl (C=O) groups excluding carboxylic acids is 1. The molecule has 1 aliphatic heterocycles. The smallest absolute Gasteiger partial charge is 0.233 e. The number of rotatable bonds is 6. The van der Waals surface area contributed by atoms with Gasteiger partial charge in [0.05, 0.1) is 34.2 Å². The zero-order valence-electron chi connectivity index (χ0n) is 16.4. The number of sulfone groups is 1. The van der Waals surface area contributed by atoms with Crippen molar-refractivity contribution in [1.29, 1.82) is 0 Å². The second-order valence-electron chi connectivity index (χ2n) is 7.34. The Balaban J connectivity index is 1.60. The Labute approximate surface area is 187 Å². The molecule has 1 unspecified atom stereocenters. The lowest BCUT2D eigenvalue weighted by atomic mass is 10.1. The van der Waals surface area contributed by atoms with Crippen molar-refractivity contribution in [3.8, 4) is 0 Å². The minimum absolute atomic E-state index is 0.000286. The molecule has 1 amide bonds. The van der Waals surface area contributed by atoms with Gasteiger partial charge in [-0.2, -0.15) is 0 Å². The van der Waals surface area contributed by atoms with Gasteiger partial charge in [0, 0.05) is 17.3 Å². The van der Waals surface area contributed by atoms with Crippen LogP contribution in [0.5, 0.6) is 0 Å². The Hall–Kier alpha value is -1.81. The molecule has 0 N–H and O–H groups in total. The third-order valence-electron chi connectivity index (χ3n) is 4.99. The first kappa shape index (κ1) is 21.4. The van der Waals surface area contributed by atoms with Crippen LogP contribution in [-0.4, -0.2) is 44.8 Å². The predicted octanol–water partition coefficient (Wildman–Crippen LogP) is 4.22. The Kier molecular flexibility index (Phi) is 6.24. The molecule has 30 heavy (non-hydrogen) atoms. The van der Waals surface area contributed by atoms with Gasteiger partial charge in [0.15, 0.2) is 15.0 Å². The van der Waals surface area contributed by atoms with Crippen molar-refractivity contribution in [3.05, 3.63) is 52.5 Å². The number of halogens is 1. The first-order valence-electron chi connectivity index (χ1n) is 9.57. The highest BCUT2D eigenvalue weighted by atomic mass is 79.9. The van der Waals surface area contributed by atoms with Gasteiger partial charge < -0.3 is 4.74 Å². The molecular formula is C21H21BrN2O4S2. The van der Waals surface area contributed by atoms with E-state index in [9.17, 15) is 13.2 Å². The maximum atomic E-state index is 13.2. The van der Waals surface area contributed by atoms with E-state index in [1.165, 1.54) is 29.7 Å². The molecule has 3 aromatic rings. The van der Waals surface area contributed by atoms with Gasteiger partial charge >= 0.3 is 0 Å². The van der Waals surface area contributed by atoms with Gasteiger partial charge in [-0.05, 0) is 48.7 Å². The summed E-state index contributed by atoms with van der Waals surface area (Å²) in [6.07, 6.45) is 3.24. The maximum absolute atomic E-state index is 13.2. The Morgan fingerprint density at radius 2 is 2.03 bits per heavy atom. The lowest BCUT2D eigenvalue weighted by Crippen LogP contribution is -2.38. The van der Waals surface area contributed by atoms with Crippen LogP contribution in [0, 0.1) is 0 Å². The summed E-state index contributed by atoms with van der Waals surface area (Å²) < 4.78 is 31.1. The van der Waals surface area contributed by atoms with Crippen LogP contribution in [0.25, 0.3) is 10.2 Å². The van der Waals surface area contributed by atoms with E-state index in [0.29, 0.717) is 18.3 Å². The van der Waals surface area contributed by atoms with Crippen LogP contribution in [0.15, 0.2) is 51.8 Å². The summed E-state index contributed by atoms with van der Waals surface area (Å²) in [5, 5.41) is 0.649. The van der Waals surface area contributed by atoms with Crippen LogP contribution in [0.2, 0.25) is 0 Å². The number of fused-ring (bicyclic) bond motifs is 1. The summed E-state index contributed by atoms with van der Waals surface area (Å²) in [5.41, 5.74) is 1.61. The van der Waals surface area contributed by atoms with Crippen LogP contribution in [0.1, 0.15) is 18.4 Å². The summed E-state index contributed by atoms with van der Waals surface area (Å²) in [4.78, 5) is 19.9. The van der Waals surface area contributed by atoms with Gasteiger partial charge in [-0.15, -0.1) is 0 Å². The average Bonchev–Trinajstić information content (AvgIpc) is 3.34. The number of ether oxygens (including phenoxy) is 1. The Morgan fingerprint density at radius 1 is 1.27 bits per heavy atom. The SMILES string of the molecule is CS(=O)(=O)c1ccc(CC(=O)N(CC2CCCO2)c2nc3ccc(Br)cc3s2)cc1. The summed E-state index contributed by atoms with van der Waals surface area (Å²) in [5.74, 6) is -0.0873. The minimum atomic E-state index is -3.27. The van der Waals surface area contributed by atoms with Gasteiger partial charge in [0.1, 0.15) is 0 Å². The summed E-state index contributed by atoms with van der Waals surface area (Å²) in [6.45, 7) is 1.17. The highest BCUT2D eigenvalue weighted by molar-refractivity contribution is 9.10. The molecule has 6 nitrogen and oxygen atoms in total. The number of hydrogen-bond acceptors (Lipinski definition) is 6. The molecule has 2 heterocycles. The van der Waals surface area contributed by atoms with E-state index >= 15 is 0 Å². The molecule has 0 radical (unpaired) electrons. The molecule has 1 saturated heterocycles. The standard InChI is InChI=1S/C21H21BrN2O4S2/c1-30(26,27)17-7-4-14(5-8-17)11-20(25)24(13-16-3-2-10-28-16)21-23-18-9-6-15(22)12-19(18)29-21/h4-9,12,16H,2-3,10-11,13H2,1H3. The average molecular weight is 509 g/mol. The second kappa shape index (κ2) is 8.74. The number of nitrogens with zero attached hydrogens (tertiary/aromatic N) is 2. The predicted molar refractivity (Wildman–Crippen MR) is 122 cm³/mol. The minimum Gasteiger partial charge on any atom is -0.376 e. The van der Waals surface area contributed by atoms with E-state index in [-0.39, 0.29) is 23.3 Å². The fourth-order valence-electron chi connectivity index (χ4n) is 3.40. The molecular weight excluding hydrogens is 488 g/mol. The topological polar surface area (TPSA) is 76.6 Å². The number of amides is 1. The molecule has 0 saturated carbocycles. The van der Waals surface area contributed by atoms with Crippen molar-refractivity contribution in [2.24, 2.45) is 0 Å². The maximum Gasteiger partial charge on any atom is 0.233 e. The van der Waals surface area contributed by atoms with Crippen LogP contribution in [0.3, 0.4) is 0 Å². The second-order valence-corrected chi connectivity index (χ2v) is 11.3. The molecule has 1 atom stereocenters. The quantitative estimate of drug-likeness (QED) is 0.498. The van der Waals surface area contributed by atoms with E-state index in [2.05, 4.69) is 20.9 Å². The van der Waals surface area contributed by atoms with Gasteiger partial charge in [-0.1, -0.05) is 39.4 Å². The molecule has 9 heteroatoms. The van der Waals surface area contributed by atoms with Crippen LogP contribution < -0.4 is 4.90 Å². The summed E-state index contributed by atoms with van der Waals surface area (Å²) in [7, 11) is -3.27. The molecule has 1 aliphatic rings. The van der Waals surface area contributed by atoms with Crippen molar-refractivity contribution < 1.29 is 17.9 Å². The number of benzene rings is 2. The lowest BCUT2D eigenvalue weighted by Gasteiger charge is -2.23. The van der Waals surface area contributed by atoms with E-state index in [1.54, 1.807) is 17.0 Å². The number of hydrogen-bond donors (Lipinski definition) is 0. The highest BCUT2D eigenvalue weighted by Gasteiger charge is 2.26. The normalized spacial score (nSPS) is 16.8. The fourth-order valence-corrected chi connectivity index (χ4v) is 5.58. The zero-order valence-corrected chi connectivity index (χ0v) is 19.6. The Bertz CT molecular complexity index is 1170. The number of anilines is 1. The molecule has 1 fully saturated rings.